The first-order valence-corrected chi connectivity index (χ1v) is 10.4. The molecule has 156 valence electrons. The number of aliphatic hydroxyl groups is 1. The third kappa shape index (κ3) is 4.04. The van der Waals surface area contributed by atoms with Gasteiger partial charge in [0, 0.05) is 23.9 Å². The second-order valence-corrected chi connectivity index (χ2v) is 7.82. The fourth-order valence-electron chi connectivity index (χ4n) is 4.09. The van der Waals surface area contributed by atoms with Gasteiger partial charge in [-0.25, -0.2) is 9.97 Å². The Morgan fingerprint density at radius 3 is 2.65 bits per heavy atom. The number of ketones is 1. The van der Waals surface area contributed by atoms with Gasteiger partial charge in [-0.05, 0) is 55.7 Å². The molecule has 2 N–H and O–H groups in total. The van der Waals surface area contributed by atoms with Crippen LogP contribution in [-0.4, -0.2) is 36.9 Å². The van der Waals surface area contributed by atoms with Gasteiger partial charge in [-0.15, -0.1) is 0 Å². The van der Waals surface area contributed by atoms with Gasteiger partial charge in [0.05, 0.1) is 17.1 Å². The van der Waals surface area contributed by atoms with Crippen molar-refractivity contribution in [2.75, 3.05) is 0 Å². The molecular formula is C24H22N4O3. The Hall–Kier alpha value is -3.58. The highest BCUT2D eigenvalue weighted by atomic mass is 16.5. The van der Waals surface area contributed by atoms with Crippen LogP contribution in [0.1, 0.15) is 53.5 Å². The lowest BCUT2D eigenvalue weighted by molar-refractivity contribution is 0.103. The van der Waals surface area contributed by atoms with Gasteiger partial charge in [-0.1, -0.05) is 18.6 Å². The average Bonchev–Trinajstić information content (AvgIpc) is 3.24. The highest BCUT2D eigenvalue weighted by Gasteiger charge is 2.26. The van der Waals surface area contributed by atoms with E-state index in [1.807, 2.05) is 24.3 Å². The average molecular weight is 414 g/mol. The van der Waals surface area contributed by atoms with Crippen molar-refractivity contribution in [3.05, 3.63) is 78.0 Å². The fourth-order valence-corrected chi connectivity index (χ4v) is 4.09. The Morgan fingerprint density at radius 1 is 1.03 bits per heavy atom. The van der Waals surface area contributed by atoms with Crippen molar-refractivity contribution in [3.63, 3.8) is 0 Å². The number of fused-ring (bicyclic) bond motifs is 1. The Labute approximate surface area is 179 Å². The number of imidazole rings is 1. The molecule has 31 heavy (non-hydrogen) atoms. The minimum absolute atomic E-state index is 0.126. The number of ether oxygens (including phenoxy) is 1. The summed E-state index contributed by atoms with van der Waals surface area (Å²) in [6, 6.07) is 14.4. The molecule has 2 aromatic heterocycles. The number of aromatic nitrogens is 4. The molecule has 1 aliphatic rings. The molecule has 7 nitrogen and oxygen atoms in total. The summed E-state index contributed by atoms with van der Waals surface area (Å²) < 4.78 is 6.00. The molecule has 2 aromatic carbocycles. The van der Waals surface area contributed by atoms with Crippen molar-refractivity contribution in [1.29, 1.82) is 0 Å². The van der Waals surface area contributed by atoms with Gasteiger partial charge >= 0.3 is 0 Å². The summed E-state index contributed by atoms with van der Waals surface area (Å²) in [6.07, 6.45) is 6.35. The van der Waals surface area contributed by atoms with Crippen molar-refractivity contribution in [3.8, 4) is 11.6 Å². The molecule has 0 amide bonds. The summed E-state index contributed by atoms with van der Waals surface area (Å²) in [6.45, 7) is 0. The summed E-state index contributed by atoms with van der Waals surface area (Å²) in [5, 5.41) is 10.0. The Kier molecular flexibility index (Phi) is 5.18. The molecule has 0 unspecified atom stereocenters. The van der Waals surface area contributed by atoms with Crippen molar-refractivity contribution in [1.82, 2.24) is 19.9 Å². The van der Waals surface area contributed by atoms with Crippen LogP contribution >= 0.6 is 0 Å². The van der Waals surface area contributed by atoms with E-state index in [1.165, 1.54) is 0 Å². The number of aromatic amines is 1. The number of hydrogen-bond acceptors (Lipinski definition) is 6. The monoisotopic (exact) mass is 414 g/mol. The summed E-state index contributed by atoms with van der Waals surface area (Å²) in [4.78, 5) is 29.1. The van der Waals surface area contributed by atoms with Crippen LogP contribution in [0.15, 0.2) is 60.9 Å². The molecule has 2 heterocycles. The van der Waals surface area contributed by atoms with E-state index in [9.17, 15) is 9.90 Å². The van der Waals surface area contributed by atoms with E-state index in [2.05, 4.69) is 19.9 Å². The van der Waals surface area contributed by atoms with Crippen molar-refractivity contribution in [2.24, 2.45) is 0 Å². The molecule has 0 bridgehead atoms. The quantitative estimate of drug-likeness (QED) is 0.470. The van der Waals surface area contributed by atoms with Gasteiger partial charge < -0.3 is 14.8 Å². The smallest absolute Gasteiger partial charge is 0.241 e. The summed E-state index contributed by atoms with van der Waals surface area (Å²) >= 11 is 0. The molecule has 1 saturated carbocycles. The van der Waals surface area contributed by atoms with Gasteiger partial charge in [0.1, 0.15) is 11.4 Å². The number of aliphatic hydroxyl groups excluding tert-OH is 1. The lowest BCUT2D eigenvalue weighted by Gasteiger charge is -2.26. The van der Waals surface area contributed by atoms with Crippen molar-refractivity contribution < 1.29 is 14.6 Å². The normalized spacial score (nSPS) is 18.7. The number of nitrogens with one attached hydrogen (secondary N) is 1. The van der Waals surface area contributed by atoms with Crippen LogP contribution in [0.2, 0.25) is 0 Å². The summed E-state index contributed by atoms with van der Waals surface area (Å²) in [5.74, 6) is 1.26. The van der Waals surface area contributed by atoms with E-state index in [-0.39, 0.29) is 17.8 Å². The second-order valence-electron chi connectivity index (χ2n) is 7.82. The predicted octanol–water partition coefficient (Wildman–Crippen LogP) is 4.39. The number of H-pyrrole nitrogens is 1. The third-order valence-electron chi connectivity index (χ3n) is 5.66. The largest absolute Gasteiger partial charge is 0.437 e. The van der Waals surface area contributed by atoms with E-state index in [0.717, 1.165) is 36.0 Å². The first kappa shape index (κ1) is 19.4. The number of hydrogen-bond donors (Lipinski definition) is 2. The highest BCUT2D eigenvalue weighted by molar-refractivity contribution is 6.08. The van der Waals surface area contributed by atoms with Gasteiger partial charge in [-0.2, -0.15) is 0 Å². The molecule has 0 spiro atoms. The lowest BCUT2D eigenvalue weighted by Crippen LogP contribution is -2.19. The van der Waals surface area contributed by atoms with Crippen LogP contribution in [0.3, 0.4) is 0 Å². The maximum absolute atomic E-state index is 12.8. The minimum Gasteiger partial charge on any atom is -0.437 e. The number of para-hydroxylation sites is 2. The molecule has 0 radical (unpaired) electrons. The SMILES string of the molecule is O=C(c1ccc(Oc2nccnc2[C@@H]2CCC[C@@H](O)C2)cc1)c1nc2ccccc2[nH]1. The Balaban J connectivity index is 1.34. The van der Waals surface area contributed by atoms with Crippen molar-refractivity contribution in [2.45, 2.75) is 37.7 Å². The molecule has 7 heteroatoms. The molecule has 1 fully saturated rings. The molecule has 2 atom stereocenters. The molecule has 1 aliphatic carbocycles. The zero-order chi connectivity index (χ0) is 21.2. The van der Waals surface area contributed by atoms with Crippen LogP contribution in [0.25, 0.3) is 11.0 Å². The van der Waals surface area contributed by atoms with Crippen LogP contribution in [0, 0.1) is 0 Å². The first-order valence-electron chi connectivity index (χ1n) is 10.4. The topological polar surface area (TPSA) is 101 Å². The highest BCUT2D eigenvalue weighted by Crippen LogP contribution is 2.36. The zero-order valence-corrected chi connectivity index (χ0v) is 16.9. The number of nitrogens with zero attached hydrogens (tertiary/aromatic N) is 3. The zero-order valence-electron chi connectivity index (χ0n) is 16.9. The van der Waals surface area contributed by atoms with E-state index in [1.54, 1.807) is 36.7 Å². The van der Waals surface area contributed by atoms with Crippen LogP contribution in [-0.2, 0) is 0 Å². The van der Waals surface area contributed by atoms with E-state index >= 15 is 0 Å². The van der Waals surface area contributed by atoms with Crippen LogP contribution in [0.4, 0.5) is 0 Å². The predicted molar refractivity (Wildman–Crippen MR) is 115 cm³/mol. The molecule has 0 saturated heterocycles. The van der Waals surface area contributed by atoms with Crippen molar-refractivity contribution >= 4 is 16.8 Å². The first-order chi connectivity index (χ1) is 15.2. The van der Waals surface area contributed by atoms with Gasteiger partial charge in [0.2, 0.25) is 11.7 Å². The lowest BCUT2D eigenvalue weighted by atomic mass is 9.85. The molecule has 0 aliphatic heterocycles. The second kappa shape index (κ2) is 8.28. The fraction of sp³-hybridized carbons (Fsp3) is 0.250. The molecule has 5 rings (SSSR count). The maximum Gasteiger partial charge on any atom is 0.241 e. The maximum atomic E-state index is 12.8. The number of carbonyl (C=O) groups is 1. The number of benzene rings is 2. The number of carbonyl (C=O) groups excluding carboxylic acids is 1. The molecular weight excluding hydrogens is 392 g/mol. The van der Waals surface area contributed by atoms with E-state index in [0.29, 0.717) is 29.4 Å². The summed E-state index contributed by atoms with van der Waals surface area (Å²) in [7, 11) is 0. The van der Waals surface area contributed by atoms with Gasteiger partial charge in [0.15, 0.2) is 5.82 Å². The van der Waals surface area contributed by atoms with Crippen LogP contribution in [0.5, 0.6) is 11.6 Å². The van der Waals surface area contributed by atoms with E-state index < -0.39 is 0 Å². The standard InChI is InChI=1S/C24H22N4O3/c29-17-5-3-4-16(14-17)21-24(26-13-12-25-21)31-18-10-8-15(9-11-18)22(30)23-27-19-6-1-2-7-20(19)28-23/h1-2,6-13,16-17,29H,3-5,14H2,(H,27,28)/t16-,17-/m1/s1. The Morgan fingerprint density at radius 2 is 1.84 bits per heavy atom. The molecule has 4 aromatic rings. The van der Waals surface area contributed by atoms with E-state index in [4.69, 9.17) is 4.74 Å². The third-order valence-corrected chi connectivity index (χ3v) is 5.66. The Bertz CT molecular complexity index is 1190. The minimum atomic E-state index is -0.308. The van der Waals surface area contributed by atoms with Gasteiger partial charge in [-0.3, -0.25) is 9.78 Å². The summed E-state index contributed by atoms with van der Waals surface area (Å²) in [5.41, 5.74) is 2.87. The van der Waals surface area contributed by atoms with Gasteiger partial charge in [0.25, 0.3) is 0 Å². The van der Waals surface area contributed by atoms with Crippen LogP contribution < -0.4 is 4.74 Å². The number of rotatable bonds is 5.